The maximum absolute atomic E-state index is 12.1. The number of hydrogen-bond acceptors (Lipinski definition) is 4. The van der Waals surface area contributed by atoms with Crippen LogP contribution in [0.4, 0.5) is 5.69 Å². The van der Waals surface area contributed by atoms with Gasteiger partial charge in [0.2, 0.25) is 0 Å². The zero-order valence-electron chi connectivity index (χ0n) is 13.2. The highest BCUT2D eigenvalue weighted by Crippen LogP contribution is 2.27. The highest BCUT2D eigenvalue weighted by atomic mass is 16.5. The molecule has 0 spiro atoms. The van der Waals surface area contributed by atoms with Crippen molar-refractivity contribution < 1.29 is 14.3 Å². The number of nitrogens with one attached hydrogen (secondary N) is 1. The van der Waals surface area contributed by atoms with Crippen LogP contribution in [0.15, 0.2) is 36.5 Å². The second-order valence-corrected chi connectivity index (χ2v) is 5.51. The van der Waals surface area contributed by atoms with E-state index >= 15 is 0 Å². The molecule has 1 aliphatic rings. The molecule has 1 N–H and O–H groups in total. The molecule has 0 fully saturated rings. The Balaban J connectivity index is 1.61. The summed E-state index contributed by atoms with van der Waals surface area (Å²) in [5, 5.41) is 2.81. The maximum atomic E-state index is 12.1. The Bertz CT molecular complexity index is 700. The Kier molecular flexibility index (Phi) is 4.76. The molecule has 1 aromatic heterocycles. The second-order valence-electron chi connectivity index (χ2n) is 5.51. The number of rotatable bonds is 5. The summed E-state index contributed by atoms with van der Waals surface area (Å²) in [6.07, 6.45) is 6.02. The topological polar surface area (TPSA) is 60.5 Å². The number of methoxy groups -OCH3 is 1. The zero-order valence-corrected chi connectivity index (χ0v) is 13.2. The first kappa shape index (κ1) is 15.3. The van der Waals surface area contributed by atoms with E-state index in [0.717, 1.165) is 36.3 Å². The smallest absolute Gasteiger partial charge is 0.262 e. The lowest BCUT2D eigenvalue weighted by atomic mass is 9.95. The number of carbonyl (C=O) groups is 1. The molecule has 0 aliphatic heterocycles. The number of hydrogen-bond donors (Lipinski definition) is 1. The van der Waals surface area contributed by atoms with E-state index in [1.807, 2.05) is 24.3 Å². The van der Waals surface area contributed by atoms with Gasteiger partial charge in [0.1, 0.15) is 11.5 Å². The fraction of sp³-hybridized carbons (Fsp3) is 0.333. The van der Waals surface area contributed by atoms with Crippen molar-refractivity contribution in [3.63, 3.8) is 0 Å². The molecule has 5 nitrogen and oxygen atoms in total. The third-order valence-corrected chi connectivity index (χ3v) is 3.90. The Morgan fingerprint density at radius 3 is 3.00 bits per heavy atom. The fourth-order valence-corrected chi connectivity index (χ4v) is 2.77. The Hall–Kier alpha value is -2.56. The fourth-order valence-electron chi connectivity index (χ4n) is 2.77. The normalized spacial score (nSPS) is 13.1. The van der Waals surface area contributed by atoms with Crippen LogP contribution in [0.3, 0.4) is 0 Å². The van der Waals surface area contributed by atoms with Crippen LogP contribution in [0, 0.1) is 0 Å². The van der Waals surface area contributed by atoms with Crippen molar-refractivity contribution in [1.29, 1.82) is 0 Å². The van der Waals surface area contributed by atoms with Crippen LogP contribution >= 0.6 is 0 Å². The minimum Gasteiger partial charge on any atom is -0.497 e. The third kappa shape index (κ3) is 3.80. The van der Waals surface area contributed by atoms with Gasteiger partial charge in [0.15, 0.2) is 6.61 Å². The number of pyridine rings is 1. The van der Waals surface area contributed by atoms with Gasteiger partial charge >= 0.3 is 0 Å². The van der Waals surface area contributed by atoms with Gasteiger partial charge in [-0.05, 0) is 43.9 Å². The number of nitrogens with zero attached hydrogens (tertiary/aromatic N) is 1. The van der Waals surface area contributed by atoms with Gasteiger partial charge < -0.3 is 14.8 Å². The minimum absolute atomic E-state index is 0.0202. The largest absolute Gasteiger partial charge is 0.497 e. The molecular weight excluding hydrogens is 292 g/mol. The van der Waals surface area contributed by atoms with Crippen LogP contribution in [0.25, 0.3) is 0 Å². The number of aryl methyl sites for hydroxylation is 1. The van der Waals surface area contributed by atoms with Gasteiger partial charge in [-0.25, -0.2) is 0 Å². The molecule has 0 saturated carbocycles. The summed E-state index contributed by atoms with van der Waals surface area (Å²) in [4.78, 5) is 16.5. The van der Waals surface area contributed by atoms with E-state index in [4.69, 9.17) is 9.47 Å². The van der Waals surface area contributed by atoms with Crippen molar-refractivity contribution in [3.8, 4) is 11.5 Å². The summed E-state index contributed by atoms with van der Waals surface area (Å²) < 4.78 is 10.9. The van der Waals surface area contributed by atoms with E-state index < -0.39 is 0 Å². The lowest BCUT2D eigenvalue weighted by Gasteiger charge is -2.18. The van der Waals surface area contributed by atoms with Crippen molar-refractivity contribution in [1.82, 2.24) is 4.98 Å². The van der Waals surface area contributed by atoms with E-state index in [2.05, 4.69) is 10.3 Å². The van der Waals surface area contributed by atoms with Gasteiger partial charge in [-0.15, -0.1) is 0 Å². The Morgan fingerprint density at radius 2 is 2.13 bits per heavy atom. The minimum atomic E-state index is -0.195. The lowest BCUT2D eigenvalue weighted by Crippen LogP contribution is -2.21. The van der Waals surface area contributed by atoms with Crippen molar-refractivity contribution >= 4 is 11.6 Å². The van der Waals surface area contributed by atoms with Gasteiger partial charge in [-0.3, -0.25) is 9.78 Å². The SMILES string of the molecule is COc1cccc(NC(=O)COc2ccnc3c2CCCC3)c1. The summed E-state index contributed by atoms with van der Waals surface area (Å²) in [5.74, 6) is 1.28. The molecule has 120 valence electrons. The summed E-state index contributed by atoms with van der Waals surface area (Å²) in [6, 6.07) is 9.08. The molecule has 0 unspecified atom stereocenters. The first-order valence-electron chi connectivity index (χ1n) is 7.80. The highest BCUT2D eigenvalue weighted by molar-refractivity contribution is 5.92. The molecule has 3 rings (SSSR count). The van der Waals surface area contributed by atoms with Crippen molar-refractivity contribution in [2.24, 2.45) is 0 Å². The van der Waals surface area contributed by atoms with Gasteiger partial charge in [-0.1, -0.05) is 6.07 Å². The van der Waals surface area contributed by atoms with Crippen LogP contribution in [0.5, 0.6) is 11.5 Å². The summed E-state index contributed by atoms with van der Waals surface area (Å²) in [7, 11) is 1.59. The van der Waals surface area contributed by atoms with E-state index in [9.17, 15) is 4.79 Å². The number of benzene rings is 1. The third-order valence-electron chi connectivity index (χ3n) is 3.90. The summed E-state index contributed by atoms with van der Waals surface area (Å²) >= 11 is 0. The molecule has 0 saturated heterocycles. The molecule has 2 aromatic rings. The van der Waals surface area contributed by atoms with Gasteiger partial charge in [-0.2, -0.15) is 0 Å². The second kappa shape index (κ2) is 7.13. The van der Waals surface area contributed by atoms with Crippen LogP contribution in [-0.2, 0) is 17.6 Å². The predicted molar refractivity (Wildman–Crippen MR) is 88.0 cm³/mol. The van der Waals surface area contributed by atoms with Crippen molar-refractivity contribution in [2.75, 3.05) is 19.0 Å². The number of carbonyl (C=O) groups excluding carboxylic acids is 1. The number of anilines is 1. The van der Waals surface area contributed by atoms with Crippen LogP contribution < -0.4 is 14.8 Å². The Morgan fingerprint density at radius 1 is 1.26 bits per heavy atom. The quantitative estimate of drug-likeness (QED) is 0.922. The maximum Gasteiger partial charge on any atom is 0.262 e. The van der Waals surface area contributed by atoms with Crippen LogP contribution in [-0.4, -0.2) is 24.6 Å². The first-order chi connectivity index (χ1) is 11.3. The molecule has 0 radical (unpaired) electrons. The number of amides is 1. The average Bonchev–Trinajstić information content (AvgIpc) is 2.60. The molecule has 23 heavy (non-hydrogen) atoms. The summed E-state index contributed by atoms with van der Waals surface area (Å²) in [5.41, 5.74) is 2.93. The molecule has 1 aliphatic carbocycles. The van der Waals surface area contributed by atoms with E-state index in [0.29, 0.717) is 11.4 Å². The van der Waals surface area contributed by atoms with Crippen LogP contribution in [0.1, 0.15) is 24.1 Å². The highest BCUT2D eigenvalue weighted by Gasteiger charge is 2.16. The van der Waals surface area contributed by atoms with E-state index in [1.54, 1.807) is 19.4 Å². The van der Waals surface area contributed by atoms with Crippen molar-refractivity contribution in [2.45, 2.75) is 25.7 Å². The first-order valence-corrected chi connectivity index (χ1v) is 7.80. The van der Waals surface area contributed by atoms with Gasteiger partial charge in [0.25, 0.3) is 5.91 Å². The average molecular weight is 312 g/mol. The number of fused-ring (bicyclic) bond motifs is 1. The Labute approximate surface area is 135 Å². The zero-order chi connectivity index (χ0) is 16.1. The standard InChI is InChI=1S/C18H20N2O3/c1-22-14-6-4-5-13(11-14)20-18(21)12-23-17-9-10-19-16-8-3-2-7-15(16)17/h4-6,9-11H,2-3,7-8,12H2,1H3,(H,20,21). The monoisotopic (exact) mass is 312 g/mol. The molecular formula is C18H20N2O3. The van der Waals surface area contributed by atoms with Gasteiger partial charge in [0, 0.05) is 29.2 Å². The van der Waals surface area contributed by atoms with E-state index in [-0.39, 0.29) is 12.5 Å². The summed E-state index contributed by atoms with van der Waals surface area (Å²) in [6.45, 7) is -0.0202. The van der Waals surface area contributed by atoms with Crippen molar-refractivity contribution in [3.05, 3.63) is 47.8 Å². The molecule has 5 heteroatoms. The van der Waals surface area contributed by atoms with E-state index in [1.165, 1.54) is 6.42 Å². The number of ether oxygens (including phenoxy) is 2. The molecule has 0 atom stereocenters. The molecule has 1 aromatic carbocycles. The van der Waals surface area contributed by atoms with Gasteiger partial charge in [0.05, 0.1) is 7.11 Å². The lowest BCUT2D eigenvalue weighted by molar-refractivity contribution is -0.118. The number of aromatic nitrogens is 1. The molecule has 1 amide bonds. The molecule has 0 bridgehead atoms. The molecule has 1 heterocycles. The van der Waals surface area contributed by atoms with Crippen LogP contribution in [0.2, 0.25) is 0 Å². The predicted octanol–water partition coefficient (Wildman–Crippen LogP) is 2.99.